The summed E-state index contributed by atoms with van der Waals surface area (Å²) in [6.45, 7) is 4.71. The van der Waals surface area contributed by atoms with Crippen LogP contribution in [0.15, 0.2) is 24.3 Å². The van der Waals surface area contributed by atoms with E-state index < -0.39 is 0 Å². The highest BCUT2D eigenvalue weighted by Crippen LogP contribution is 2.22. The maximum Gasteiger partial charge on any atom is 0.239 e. The predicted octanol–water partition coefficient (Wildman–Crippen LogP) is 2.58. The fraction of sp³-hybridized carbons (Fsp3) is 0.533. The van der Waals surface area contributed by atoms with Crippen molar-refractivity contribution in [1.82, 2.24) is 5.32 Å². The number of carbonyl (C=O) groups excluding carboxylic acids is 1. The third kappa shape index (κ3) is 6.30. The first-order chi connectivity index (χ1) is 9.60. The predicted molar refractivity (Wildman–Crippen MR) is 96.5 cm³/mol. The van der Waals surface area contributed by atoms with Crippen LogP contribution in [0.3, 0.4) is 0 Å². The molecule has 0 aliphatic heterocycles. The molecule has 0 saturated heterocycles. The highest BCUT2D eigenvalue weighted by Gasteiger charge is 2.25. The quantitative estimate of drug-likeness (QED) is 0.672. The fourth-order valence-electron chi connectivity index (χ4n) is 2.07. The molecule has 0 saturated carbocycles. The molecule has 128 valence electrons. The summed E-state index contributed by atoms with van der Waals surface area (Å²) in [5, 5.41) is 6.10. The molecule has 4 N–H and O–H groups in total. The summed E-state index contributed by atoms with van der Waals surface area (Å²) in [7, 11) is 1.61. The van der Waals surface area contributed by atoms with Gasteiger partial charge in [-0.25, -0.2) is 0 Å². The first-order valence-electron chi connectivity index (χ1n) is 6.98. The van der Waals surface area contributed by atoms with Crippen molar-refractivity contribution < 1.29 is 9.53 Å². The average molecular weight is 352 g/mol. The van der Waals surface area contributed by atoms with Gasteiger partial charge < -0.3 is 21.1 Å². The SMILES string of the molecule is CCC(CC)(CN)NC(=O)CNc1ccccc1OC.Cl.Cl. The third-order valence-electron chi connectivity index (χ3n) is 3.70. The van der Waals surface area contributed by atoms with Gasteiger partial charge in [0.25, 0.3) is 0 Å². The Hall–Kier alpha value is -1.17. The van der Waals surface area contributed by atoms with Gasteiger partial charge in [0.2, 0.25) is 5.91 Å². The van der Waals surface area contributed by atoms with Crippen LogP contribution in [-0.2, 0) is 4.79 Å². The molecule has 0 atom stereocenters. The van der Waals surface area contributed by atoms with Crippen molar-refractivity contribution in [2.24, 2.45) is 5.73 Å². The number of nitrogens with one attached hydrogen (secondary N) is 2. The second-order valence-electron chi connectivity index (χ2n) is 4.79. The van der Waals surface area contributed by atoms with E-state index >= 15 is 0 Å². The van der Waals surface area contributed by atoms with Crippen LogP contribution in [0.25, 0.3) is 0 Å². The number of para-hydroxylation sites is 2. The van der Waals surface area contributed by atoms with Gasteiger partial charge in [-0.15, -0.1) is 24.8 Å². The summed E-state index contributed by atoms with van der Waals surface area (Å²) in [6.07, 6.45) is 1.64. The molecule has 0 heterocycles. The minimum Gasteiger partial charge on any atom is -0.495 e. The maximum atomic E-state index is 12.0. The molecule has 1 rings (SSSR count). The van der Waals surface area contributed by atoms with E-state index in [-0.39, 0.29) is 42.8 Å². The molecule has 5 nitrogen and oxygen atoms in total. The van der Waals surface area contributed by atoms with Gasteiger partial charge in [-0.05, 0) is 25.0 Å². The molecule has 0 spiro atoms. The fourth-order valence-corrected chi connectivity index (χ4v) is 2.07. The largest absolute Gasteiger partial charge is 0.495 e. The molecule has 0 aromatic heterocycles. The topological polar surface area (TPSA) is 76.4 Å². The van der Waals surface area contributed by atoms with Gasteiger partial charge in [0, 0.05) is 6.54 Å². The van der Waals surface area contributed by atoms with Crippen molar-refractivity contribution in [3.8, 4) is 5.75 Å². The highest BCUT2D eigenvalue weighted by atomic mass is 35.5. The number of hydrogen-bond donors (Lipinski definition) is 3. The minimum atomic E-state index is -0.306. The Labute approximate surface area is 145 Å². The van der Waals surface area contributed by atoms with E-state index in [1.165, 1.54) is 0 Å². The zero-order valence-corrected chi connectivity index (χ0v) is 15.0. The van der Waals surface area contributed by atoms with Gasteiger partial charge in [-0.2, -0.15) is 0 Å². The van der Waals surface area contributed by atoms with E-state index in [9.17, 15) is 4.79 Å². The number of methoxy groups -OCH3 is 1. The lowest BCUT2D eigenvalue weighted by Crippen LogP contribution is -2.54. The number of carbonyl (C=O) groups is 1. The van der Waals surface area contributed by atoms with E-state index in [1.807, 2.05) is 38.1 Å². The Morgan fingerprint density at radius 2 is 1.82 bits per heavy atom. The summed E-state index contributed by atoms with van der Waals surface area (Å²) in [4.78, 5) is 12.0. The van der Waals surface area contributed by atoms with Gasteiger partial charge in [-0.3, -0.25) is 4.79 Å². The second kappa shape index (κ2) is 11.4. The summed E-state index contributed by atoms with van der Waals surface area (Å²) in [5.74, 6) is 0.654. The Morgan fingerprint density at radius 1 is 1.23 bits per heavy atom. The molecule has 0 radical (unpaired) electrons. The van der Waals surface area contributed by atoms with E-state index in [0.717, 1.165) is 24.3 Å². The summed E-state index contributed by atoms with van der Waals surface area (Å²) in [5.41, 5.74) is 6.27. The summed E-state index contributed by atoms with van der Waals surface area (Å²) in [6, 6.07) is 7.51. The van der Waals surface area contributed by atoms with Gasteiger partial charge in [-0.1, -0.05) is 26.0 Å². The number of ether oxygens (including phenoxy) is 1. The van der Waals surface area contributed by atoms with Crippen LogP contribution < -0.4 is 21.1 Å². The van der Waals surface area contributed by atoms with Crippen molar-refractivity contribution in [3.05, 3.63) is 24.3 Å². The Bertz CT molecular complexity index is 432. The molecule has 1 aromatic carbocycles. The van der Waals surface area contributed by atoms with Crippen molar-refractivity contribution in [3.63, 3.8) is 0 Å². The van der Waals surface area contributed by atoms with Gasteiger partial charge in [0.1, 0.15) is 5.75 Å². The van der Waals surface area contributed by atoms with E-state index in [1.54, 1.807) is 7.11 Å². The zero-order chi connectivity index (χ0) is 15.0. The van der Waals surface area contributed by atoms with Gasteiger partial charge in [0.05, 0.1) is 24.9 Å². The number of anilines is 1. The highest BCUT2D eigenvalue weighted by molar-refractivity contribution is 5.85. The Morgan fingerprint density at radius 3 is 2.32 bits per heavy atom. The van der Waals surface area contributed by atoms with Crippen LogP contribution in [-0.4, -0.2) is 31.6 Å². The van der Waals surface area contributed by atoms with Crippen LogP contribution in [0.4, 0.5) is 5.69 Å². The van der Waals surface area contributed by atoms with Crippen molar-refractivity contribution in [1.29, 1.82) is 0 Å². The number of amides is 1. The van der Waals surface area contributed by atoms with E-state index in [4.69, 9.17) is 10.5 Å². The lowest BCUT2D eigenvalue weighted by molar-refractivity contribution is -0.121. The average Bonchev–Trinajstić information content (AvgIpc) is 2.51. The molecule has 22 heavy (non-hydrogen) atoms. The van der Waals surface area contributed by atoms with Crippen LogP contribution in [0.2, 0.25) is 0 Å². The lowest BCUT2D eigenvalue weighted by atomic mass is 9.93. The van der Waals surface area contributed by atoms with Gasteiger partial charge in [0.15, 0.2) is 0 Å². The number of nitrogens with two attached hydrogens (primary N) is 1. The van der Waals surface area contributed by atoms with Crippen LogP contribution in [0.1, 0.15) is 26.7 Å². The summed E-state index contributed by atoms with van der Waals surface area (Å²) >= 11 is 0. The molecule has 1 amide bonds. The molecule has 0 fully saturated rings. The molecule has 0 aliphatic rings. The first-order valence-corrected chi connectivity index (χ1v) is 6.98. The Kier molecular flexibility index (Phi) is 12.0. The van der Waals surface area contributed by atoms with Crippen LogP contribution in [0.5, 0.6) is 5.75 Å². The molecular weight excluding hydrogens is 325 g/mol. The molecule has 7 heteroatoms. The van der Waals surface area contributed by atoms with Gasteiger partial charge >= 0.3 is 0 Å². The Balaban J connectivity index is 0. The lowest BCUT2D eigenvalue weighted by Gasteiger charge is -2.31. The zero-order valence-electron chi connectivity index (χ0n) is 13.3. The standard InChI is InChI=1S/C15H25N3O2.2ClH/c1-4-15(5-2,11-16)18-14(19)10-17-12-8-6-7-9-13(12)20-3;;/h6-9,17H,4-5,10-11,16H2,1-3H3,(H,18,19);2*1H. The smallest absolute Gasteiger partial charge is 0.239 e. The second-order valence-corrected chi connectivity index (χ2v) is 4.79. The van der Waals surface area contributed by atoms with Crippen LogP contribution >= 0.6 is 24.8 Å². The van der Waals surface area contributed by atoms with Crippen LogP contribution in [0, 0.1) is 0 Å². The van der Waals surface area contributed by atoms with Crippen molar-refractivity contribution in [2.45, 2.75) is 32.2 Å². The van der Waals surface area contributed by atoms with E-state index in [2.05, 4.69) is 10.6 Å². The molecule has 0 bridgehead atoms. The molecule has 0 aliphatic carbocycles. The van der Waals surface area contributed by atoms with Crippen molar-refractivity contribution in [2.75, 3.05) is 25.5 Å². The van der Waals surface area contributed by atoms with E-state index in [0.29, 0.717) is 6.54 Å². The normalized spacial score (nSPS) is 10.0. The first kappa shape index (κ1) is 23.1. The maximum absolute atomic E-state index is 12.0. The number of halogens is 2. The third-order valence-corrected chi connectivity index (χ3v) is 3.70. The monoisotopic (exact) mass is 351 g/mol. The van der Waals surface area contributed by atoms with Crippen molar-refractivity contribution >= 4 is 36.4 Å². The summed E-state index contributed by atoms with van der Waals surface area (Å²) < 4.78 is 5.23. The number of benzene rings is 1. The molecule has 1 aromatic rings. The minimum absolute atomic E-state index is 0. The molecular formula is C15H27Cl2N3O2. The number of hydrogen-bond acceptors (Lipinski definition) is 4. The molecule has 0 unspecified atom stereocenters. The number of rotatable bonds is 8.